The Morgan fingerprint density at radius 2 is 2.12 bits per heavy atom. The van der Waals surface area contributed by atoms with Crippen LogP contribution in [0.5, 0.6) is 0 Å². The zero-order chi connectivity index (χ0) is 18.1. The Kier molecular flexibility index (Phi) is 4.85. The molecule has 7 nitrogen and oxygen atoms in total. The smallest absolute Gasteiger partial charge is 0.319 e. The van der Waals surface area contributed by atoms with Crippen molar-refractivity contribution in [2.75, 3.05) is 11.9 Å². The molecule has 1 aromatic carbocycles. The van der Waals surface area contributed by atoms with Gasteiger partial charge in [-0.15, -0.1) is 0 Å². The van der Waals surface area contributed by atoms with Gasteiger partial charge in [0.15, 0.2) is 0 Å². The van der Waals surface area contributed by atoms with Crippen LogP contribution in [0.2, 0.25) is 5.02 Å². The van der Waals surface area contributed by atoms with Crippen molar-refractivity contribution in [2.24, 2.45) is 5.92 Å². The van der Waals surface area contributed by atoms with Crippen molar-refractivity contribution in [3.63, 3.8) is 0 Å². The van der Waals surface area contributed by atoms with Gasteiger partial charge in [0.25, 0.3) is 0 Å². The number of anilines is 1. The lowest BCUT2D eigenvalue weighted by atomic mass is 9.98. The van der Waals surface area contributed by atoms with Gasteiger partial charge in [0.05, 0.1) is 6.04 Å². The van der Waals surface area contributed by atoms with E-state index in [0.717, 1.165) is 0 Å². The fourth-order valence-corrected chi connectivity index (χ4v) is 3.48. The number of piperazine rings is 1. The van der Waals surface area contributed by atoms with E-state index in [0.29, 0.717) is 23.7 Å². The second-order valence-electron chi connectivity index (χ2n) is 6.78. The van der Waals surface area contributed by atoms with Gasteiger partial charge in [0, 0.05) is 17.3 Å². The van der Waals surface area contributed by atoms with E-state index in [-0.39, 0.29) is 29.8 Å². The third-order valence-corrected chi connectivity index (χ3v) is 4.77. The maximum Gasteiger partial charge on any atom is 0.319 e. The number of nitrogens with zero attached hydrogens (tertiary/aromatic N) is 1. The second kappa shape index (κ2) is 6.92. The molecule has 0 aliphatic carbocycles. The maximum absolute atomic E-state index is 12.5. The van der Waals surface area contributed by atoms with Crippen LogP contribution in [0.15, 0.2) is 24.3 Å². The molecule has 0 unspecified atom stereocenters. The van der Waals surface area contributed by atoms with Crippen LogP contribution in [0.3, 0.4) is 0 Å². The van der Waals surface area contributed by atoms with Crippen LogP contribution in [0.25, 0.3) is 0 Å². The van der Waals surface area contributed by atoms with Crippen molar-refractivity contribution in [2.45, 2.75) is 38.4 Å². The Morgan fingerprint density at radius 1 is 1.36 bits per heavy atom. The first-order valence-electron chi connectivity index (χ1n) is 8.29. The van der Waals surface area contributed by atoms with Gasteiger partial charge in [-0.2, -0.15) is 0 Å². The molecule has 0 bridgehead atoms. The largest absolute Gasteiger partial charge is 0.342 e. The summed E-state index contributed by atoms with van der Waals surface area (Å²) in [5.74, 6) is -0.215. The van der Waals surface area contributed by atoms with Gasteiger partial charge in [-0.25, -0.2) is 4.79 Å². The average Bonchev–Trinajstić information content (AvgIpc) is 2.95. The third-order valence-electron chi connectivity index (χ3n) is 4.53. The Balaban J connectivity index is 1.61. The predicted octanol–water partition coefficient (Wildman–Crippen LogP) is 1.59. The number of fused-ring (bicyclic) bond motifs is 1. The molecule has 3 atom stereocenters. The van der Waals surface area contributed by atoms with E-state index >= 15 is 0 Å². The SMILES string of the molecule is CC(C)[C@H]1NC(=O)[C@@H]2C[C@H](NC(=O)Nc3cccc(Cl)c3)CN2C1=O. The number of rotatable bonds is 3. The first-order chi connectivity index (χ1) is 11.8. The lowest BCUT2D eigenvalue weighted by molar-refractivity contribution is -0.148. The summed E-state index contributed by atoms with van der Waals surface area (Å²) in [5, 5.41) is 8.83. The molecule has 1 aromatic rings. The van der Waals surface area contributed by atoms with E-state index in [1.165, 1.54) is 0 Å². The predicted molar refractivity (Wildman–Crippen MR) is 94.3 cm³/mol. The number of hydrogen-bond acceptors (Lipinski definition) is 3. The zero-order valence-corrected chi connectivity index (χ0v) is 14.8. The van der Waals surface area contributed by atoms with Gasteiger partial charge < -0.3 is 20.9 Å². The summed E-state index contributed by atoms with van der Waals surface area (Å²) in [5.41, 5.74) is 0.578. The summed E-state index contributed by atoms with van der Waals surface area (Å²) >= 11 is 5.89. The fraction of sp³-hybridized carbons (Fsp3) is 0.471. The summed E-state index contributed by atoms with van der Waals surface area (Å²) in [6, 6.07) is 5.15. The van der Waals surface area contributed by atoms with Crippen LogP contribution in [-0.2, 0) is 9.59 Å². The molecule has 25 heavy (non-hydrogen) atoms. The molecule has 3 rings (SSSR count). The van der Waals surface area contributed by atoms with Crippen LogP contribution in [0, 0.1) is 5.92 Å². The molecule has 0 aromatic heterocycles. The van der Waals surface area contributed by atoms with Crippen molar-refractivity contribution in [3.05, 3.63) is 29.3 Å². The number of amides is 4. The van der Waals surface area contributed by atoms with Gasteiger partial charge >= 0.3 is 6.03 Å². The molecule has 2 aliphatic heterocycles. The van der Waals surface area contributed by atoms with Crippen molar-refractivity contribution >= 4 is 35.1 Å². The van der Waals surface area contributed by atoms with E-state index in [9.17, 15) is 14.4 Å². The minimum Gasteiger partial charge on any atom is -0.342 e. The molecule has 2 aliphatic rings. The normalized spacial score (nSPS) is 25.6. The molecular formula is C17H21ClN4O3. The van der Waals surface area contributed by atoms with E-state index in [1.807, 2.05) is 13.8 Å². The molecule has 0 spiro atoms. The summed E-state index contributed by atoms with van der Waals surface area (Å²) in [6.45, 7) is 4.13. The second-order valence-corrected chi connectivity index (χ2v) is 7.21. The standard InChI is InChI=1S/C17H21ClN4O3/c1-9(2)14-16(24)22-8-12(7-13(22)15(23)21-14)20-17(25)19-11-5-3-4-10(18)6-11/h3-6,9,12-14H,7-8H2,1-2H3,(H,21,23)(H2,19,20,25)/t12-,13-,14+/m0/s1. The van der Waals surface area contributed by atoms with Crippen LogP contribution in [-0.4, -0.2) is 47.4 Å². The minimum absolute atomic E-state index is 0.0236. The maximum atomic E-state index is 12.5. The molecule has 2 heterocycles. The third kappa shape index (κ3) is 3.71. The minimum atomic E-state index is -0.515. The Hall–Kier alpha value is -2.28. The molecule has 2 saturated heterocycles. The quantitative estimate of drug-likeness (QED) is 0.760. The van der Waals surface area contributed by atoms with Gasteiger partial charge in [-0.05, 0) is 30.5 Å². The molecule has 134 valence electrons. The van der Waals surface area contributed by atoms with Crippen LogP contribution < -0.4 is 16.0 Å². The highest BCUT2D eigenvalue weighted by molar-refractivity contribution is 6.30. The van der Waals surface area contributed by atoms with E-state index in [1.54, 1.807) is 29.2 Å². The molecule has 3 N–H and O–H groups in total. The Labute approximate surface area is 151 Å². The van der Waals surface area contributed by atoms with Crippen LogP contribution in [0.4, 0.5) is 10.5 Å². The molecule has 0 radical (unpaired) electrons. The van der Waals surface area contributed by atoms with Crippen molar-refractivity contribution < 1.29 is 14.4 Å². The Bertz CT molecular complexity index is 709. The summed E-state index contributed by atoms with van der Waals surface area (Å²) in [7, 11) is 0. The molecule has 2 fully saturated rings. The number of carbonyl (C=O) groups is 3. The number of hydrogen-bond donors (Lipinski definition) is 3. The summed E-state index contributed by atoms with van der Waals surface area (Å²) in [6.07, 6.45) is 0.408. The first-order valence-corrected chi connectivity index (χ1v) is 8.67. The average molecular weight is 365 g/mol. The number of nitrogens with one attached hydrogen (secondary N) is 3. The number of urea groups is 1. The number of benzene rings is 1. The monoisotopic (exact) mass is 364 g/mol. The van der Waals surface area contributed by atoms with Crippen molar-refractivity contribution in [3.8, 4) is 0 Å². The zero-order valence-electron chi connectivity index (χ0n) is 14.1. The summed E-state index contributed by atoms with van der Waals surface area (Å²) < 4.78 is 0. The number of halogens is 1. The van der Waals surface area contributed by atoms with Gasteiger partial charge in [0.1, 0.15) is 12.1 Å². The summed E-state index contributed by atoms with van der Waals surface area (Å²) in [4.78, 5) is 38.5. The molecular weight excluding hydrogens is 344 g/mol. The molecule has 0 saturated carbocycles. The highest BCUT2D eigenvalue weighted by atomic mass is 35.5. The lowest BCUT2D eigenvalue weighted by Crippen LogP contribution is -2.62. The Morgan fingerprint density at radius 3 is 2.80 bits per heavy atom. The van der Waals surface area contributed by atoms with Crippen LogP contribution in [0.1, 0.15) is 20.3 Å². The highest BCUT2D eigenvalue weighted by Crippen LogP contribution is 2.25. The van der Waals surface area contributed by atoms with Gasteiger partial charge in [-0.3, -0.25) is 9.59 Å². The molecule has 8 heteroatoms. The lowest BCUT2D eigenvalue weighted by Gasteiger charge is -2.36. The van der Waals surface area contributed by atoms with Gasteiger partial charge in [0.2, 0.25) is 11.8 Å². The highest BCUT2D eigenvalue weighted by Gasteiger charge is 2.47. The van der Waals surface area contributed by atoms with E-state index in [4.69, 9.17) is 11.6 Å². The van der Waals surface area contributed by atoms with Crippen LogP contribution >= 0.6 is 11.6 Å². The van der Waals surface area contributed by atoms with Gasteiger partial charge in [-0.1, -0.05) is 31.5 Å². The number of carbonyl (C=O) groups excluding carboxylic acids is 3. The topological polar surface area (TPSA) is 90.5 Å². The molecule has 4 amide bonds. The first kappa shape index (κ1) is 17.5. The van der Waals surface area contributed by atoms with E-state index < -0.39 is 12.1 Å². The fourth-order valence-electron chi connectivity index (χ4n) is 3.29. The van der Waals surface area contributed by atoms with E-state index in [2.05, 4.69) is 16.0 Å². The van der Waals surface area contributed by atoms with Crippen molar-refractivity contribution in [1.29, 1.82) is 0 Å². The van der Waals surface area contributed by atoms with Crippen molar-refractivity contribution in [1.82, 2.24) is 15.5 Å².